The average molecular weight is 424 g/mol. The molecule has 1 aliphatic heterocycles. The molecule has 160 valence electrons. The van der Waals surface area contributed by atoms with Gasteiger partial charge in [0.05, 0.1) is 13.2 Å². The summed E-state index contributed by atoms with van der Waals surface area (Å²) >= 11 is 0. The summed E-state index contributed by atoms with van der Waals surface area (Å²) in [4.78, 5) is 15.0. The molecule has 0 N–H and O–H groups in total. The van der Waals surface area contributed by atoms with E-state index in [9.17, 15) is 13.6 Å². The summed E-state index contributed by atoms with van der Waals surface area (Å²) in [5, 5.41) is 0. The van der Waals surface area contributed by atoms with Crippen molar-refractivity contribution in [3.63, 3.8) is 0 Å². The van der Waals surface area contributed by atoms with Crippen LogP contribution in [0.4, 0.5) is 8.78 Å². The predicted octanol–water partition coefficient (Wildman–Crippen LogP) is 4.74. The van der Waals surface area contributed by atoms with Crippen molar-refractivity contribution in [1.29, 1.82) is 0 Å². The Balaban J connectivity index is 1.65. The molecule has 1 aliphatic rings. The number of carbonyl (C=O) groups is 1. The molecular formula is C24H22F2N2O3. The third kappa shape index (κ3) is 4.30. The van der Waals surface area contributed by atoms with E-state index in [-0.39, 0.29) is 23.4 Å². The minimum absolute atomic E-state index is 0.101. The van der Waals surface area contributed by atoms with Gasteiger partial charge in [0.1, 0.15) is 0 Å². The number of halogens is 2. The highest BCUT2D eigenvalue weighted by Crippen LogP contribution is 2.35. The van der Waals surface area contributed by atoms with Crippen LogP contribution in [0.15, 0.2) is 72.9 Å². The molecular weight excluding hydrogens is 402 g/mol. The summed E-state index contributed by atoms with van der Waals surface area (Å²) in [6.07, 6.45) is 4.88. The monoisotopic (exact) mass is 424 g/mol. The first-order chi connectivity index (χ1) is 15.1. The van der Waals surface area contributed by atoms with Gasteiger partial charge in [-0.15, -0.1) is 0 Å². The first-order valence-electron chi connectivity index (χ1n) is 9.89. The van der Waals surface area contributed by atoms with Gasteiger partial charge < -0.3 is 18.9 Å². The minimum Gasteiger partial charge on any atom is -0.493 e. The van der Waals surface area contributed by atoms with Gasteiger partial charge in [-0.1, -0.05) is 42.5 Å². The molecule has 1 aromatic heterocycles. The molecule has 4 rings (SSSR count). The average Bonchev–Trinajstić information content (AvgIpc) is 3.26. The Hall–Kier alpha value is -3.61. The van der Waals surface area contributed by atoms with Crippen molar-refractivity contribution in [2.75, 3.05) is 13.7 Å². The Labute approximate surface area is 179 Å². The van der Waals surface area contributed by atoms with E-state index >= 15 is 0 Å². The molecule has 2 aromatic carbocycles. The number of alkyl halides is 2. The molecule has 0 radical (unpaired) electrons. The van der Waals surface area contributed by atoms with E-state index in [1.165, 1.54) is 25.3 Å². The first-order valence-corrected chi connectivity index (χ1v) is 9.89. The Morgan fingerprint density at radius 3 is 2.61 bits per heavy atom. The molecule has 1 amide bonds. The summed E-state index contributed by atoms with van der Waals surface area (Å²) in [5.74, 6) is -0.142. The molecule has 5 nitrogen and oxygen atoms in total. The normalized spacial score (nSPS) is 15.9. The maximum absolute atomic E-state index is 13.2. The SMILES string of the molecule is COc1cccc(/C=C/C(=O)N2CCn3cccc3C2c2ccccc2)c1OC(F)F. The highest BCUT2D eigenvalue weighted by Gasteiger charge is 2.31. The van der Waals surface area contributed by atoms with Crippen molar-refractivity contribution in [3.8, 4) is 11.5 Å². The Morgan fingerprint density at radius 2 is 1.87 bits per heavy atom. The van der Waals surface area contributed by atoms with Gasteiger partial charge in [-0.05, 0) is 29.8 Å². The van der Waals surface area contributed by atoms with E-state index in [1.807, 2.05) is 48.7 Å². The lowest BCUT2D eigenvalue weighted by atomic mass is 9.99. The Morgan fingerprint density at radius 1 is 1.06 bits per heavy atom. The number of ether oxygens (including phenoxy) is 2. The lowest BCUT2D eigenvalue weighted by Crippen LogP contribution is -2.41. The molecule has 0 bridgehead atoms. The van der Waals surface area contributed by atoms with Gasteiger partial charge in [0.15, 0.2) is 11.5 Å². The van der Waals surface area contributed by atoms with Crippen LogP contribution < -0.4 is 9.47 Å². The topological polar surface area (TPSA) is 43.7 Å². The third-order valence-corrected chi connectivity index (χ3v) is 5.28. The van der Waals surface area contributed by atoms with Crippen molar-refractivity contribution in [1.82, 2.24) is 9.47 Å². The summed E-state index contributed by atoms with van der Waals surface area (Å²) in [7, 11) is 1.37. The minimum atomic E-state index is -3.00. The molecule has 0 saturated carbocycles. The zero-order valence-electron chi connectivity index (χ0n) is 16.9. The van der Waals surface area contributed by atoms with Gasteiger partial charge in [-0.3, -0.25) is 4.79 Å². The van der Waals surface area contributed by atoms with Crippen molar-refractivity contribution < 1.29 is 23.0 Å². The second kappa shape index (κ2) is 9.04. The van der Waals surface area contributed by atoms with Gasteiger partial charge in [0, 0.05) is 36.6 Å². The Bertz CT molecular complexity index is 1080. The van der Waals surface area contributed by atoms with E-state index in [1.54, 1.807) is 17.0 Å². The lowest BCUT2D eigenvalue weighted by Gasteiger charge is -2.36. The second-order valence-electron chi connectivity index (χ2n) is 7.06. The number of aromatic nitrogens is 1. The molecule has 2 heterocycles. The highest BCUT2D eigenvalue weighted by atomic mass is 19.3. The number of rotatable bonds is 6. The summed E-state index contributed by atoms with van der Waals surface area (Å²) in [5.41, 5.74) is 2.37. The van der Waals surface area contributed by atoms with Crippen LogP contribution >= 0.6 is 0 Å². The number of carbonyl (C=O) groups excluding carboxylic acids is 1. The molecule has 31 heavy (non-hydrogen) atoms. The molecule has 7 heteroatoms. The van der Waals surface area contributed by atoms with Gasteiger partial charge in [-0.25, -0.2) is 0 Å². The fourth-order valence-electron chi connectivity index (χ4n) is 3.90. The van der Waals surface area contributed by atoms with Crippen molar-refractivity contribution in [3.05, 3.63) is 89.8 Å². The molecule has 0 spiro atoms. The lowest BCUT2D eigenvalue weighted by molar-refractivity contribution is -0.128. The third-order valence-electron chi connectivity index (χ3n) is 5.28. The van der Waals surface area contributed by atoms with Crippen molar-refractivity contribution >= 4 is 12.0 Å². The number of nitrogens with zero attached hydrogens (tertiary/aromatic N) is 2. The molecule has 0 fully saturated rings. The number of hydrogen-bond acceptors (Lipinski definition) is 3. The second-order valence-corrected chi connectivity index (χ2v) is 7.06. The van der Waals surface area contributed by atoms with Crippen LogP contribution in [0.2, 0.25) is 0 Å². The van der Waals surface area contributed by atoms with Crippen molar-refractivity contribution in [2.45, 2.75) is 19.2 Å². The van der Waals surface area contributed by atoms with Crippen LogP contribution in [-0.2, 0) is 11.3 Å². The highest BCUT2D eigenvalue weighted by molar-refractivity contribution is 5.93. The number of amides is 1. The van der Waals surface area contributed by atoms with Crippen LogP contribution in [0.1, 0.15) is 22.9 Å². The number of fused-ring (bicyclic) bond motifs is 1. The van der Waals surface area contributed by atoms with Gasteiger partial charge >= 0.3 is 6.61 Å². The summed E-state index contributed by atoms with van der Waals surface area (Å²) in [6, 6.07) is 18.3. The summed E-state index contributed by atoms with van der Waals surface area (Å²) < 4.78 is 37.7. The Kier molecular flexibility index (Phi) is 6.02. The van der Waals surface area contributed by atoms with Gasteiger partial charge in [0.25, 0.3) is 0 Å². The molecule has 1 unspecified atom stereocenters. The van der Waals surface area contributed by atoms with Crippen LogP contribution in [0.3, 0.4) is 0 Å². The van der Waals surface area contributed by atoms with Gasteiger partial charge in [0.2, 0.25) is 5.91 Å². The quantitative estimate of drug-likeness (QED) is 0.537. The van der Waals surface area contributed by atoms with E-state index < -0.39 is 6.61 Å². The zero-order valence-corrected chi connectivity index (χ0v) is 16.9. The van der Waals surface area contributed by atoms with Crippen LogP contribution in [0.25, 0.3) is 6.08 Å². The molecule has 1 atom stereocenters. The number of para-hydroxylation sites is 1. The number of hydrogen-bond donors (Lipinski definition) is 0. The van der Waals surface area contributed by atoms with E-state index in [2.05, 4.69) is 9.30 Å². The van der Waals surface area contributed by atoms with Crippen LogP contribution in [0, 0.1) is 0 Å². The standard InChI is InChI=1S/C24H22F2N2O3/c1-30-20-11-5-9-18(23(20)31-24(25)26)12-13-21(29)28-16-15-27-14-6-10-19(27)22(28)17-7-3-2-4-8-17/h2-14,22,24H,15-16H2,1H3/b13-12+. The van der Waals surface area contributed by atoms with E-state index in [4.69, 9.17) is 4.74 Å². The first kappa shape index (κ1) is 20.7. The predicted molar refractivity (Wildman–Crippen MR) is 113 cm³/mol. The smallest absolute Gasteiger partial charge is 0.387 e. The fraction of sp³-hybridized carbons (Fsp3) is 0.208. The summed E-state index contributed by atoms with van der Waals surface area (Å²) in [6.45, 7) is -1.79. The largest absolute Gasteiger partial charge is 0.493 e. The number of benzene rings is 2. The van der Waals surface area contributed by atoms with Gasteiger partial charge in [-0.2, -0.15) is 8.78 Å². The maximum Gasteiger partial charge on any atom is 0.387 e. The van der Waals surface area contributed by atoms with Crippen LogP contribution in [-0.4, -0.2) is 35.6 Å². The van der Waals surface area contributed by atoms with Crippen LogP contribution in [0.5, 0.6) is 11.5 Å². The molecule has 3 aromatic rings. The maximum atomic E-state index is 13.2. The fourth-order valence-corrected chi connectivity index (χ4v) is 3.90. The zero-order chi connectivity index (χ0) is 21.8. The van der Waals surface area contributed by atoms with E-state index in [0.717, 1.165) is 11.3 Å². The molecule has 0 aliphatic carbocycles. The number of methoxy groups -OCH3 is 1. The van der Waals surface area contributed by atoms with Crippen molar-refractivity contribution in [2.24, 2.45) is 0 Å². The molecule has 0 saturated heterocycles. The van der Waals surface area contributed by atoms with E-state index in [0.29, 0.717) is 18.7 Å².